The molecule has 2 saturated carbocycles. The van der Waals surface area contributed by atoms with E-state index in [0.29, 0.717) is 0 Å². The highest BCUT2D eigenvalue weighted by molar-refractivity contribution is 6.02. The van der Waals surface area contributed by atoms with Crippen molar-refractivity contribution in [2.45, 2.75) is 12.0 Å². The van der Waals surface area contributed by atoms with Crippen molar-refractivity contribution >= 4 is 17.7 Å². The SMILES string of the molecule is N[C@]1(C(=O)O)CC(=O)[C@H]2[C@H](C(=O)O)[C@H]21. The van der Waals surface area contributed by atoms with Crippen molar-refractivity contribution in [1.82, 2.24) is 0 Å². The molecule has 2 aliphatic rings. The van der Waals surface area contributed by atoms with E-state index >= 15 is 0 Å². The molecule has 0 amide bonds. The number of carbonyl (C=O) groups is 3. The van der Waals surface area contributed by atoms with Gasteiger partial charge in [0, 0.05) is 18.3 Å². The summed E-state index contributed by atoms with van der Waals surface area (Å²) in [5.41, 5.74) is 3.86. The zero-order valence-corrected chi connectivity index (χ0v) is 7.14. The summed E-state index contributed by atoms with van der Waals surface area (Å²) in [4.78, 5) is 32.7. The van der Waals surface area contributed by atoms with E-state index in [0.717, 1.165) is 0 Å². The summed E-state index contributed by atoms with van der Waals surface area (Å²) >= 11 is 0. The number of hydrogen-bond donors (Lipinski definition) is 3. The number of Topliss-reactive ketones (excluding diaryl/α,β-unsaturated/α-hetero) is 1. The molecule has 6 heteroatoms. The second kappa shape index (κ2) is 2.33. The van der Waals surface area contributed by atoms with Crippen molar-refractivity contribution in [2.24, 2.45) is 23.5 Å². The van der Waals surface area contributed by atoms with Gasteiger partial charge in [0.25, 0.3) is 0 Å². The number of fused-ring (bicyclic) bond motifs is 1. The molecule has 2 aliphatic carbocycles. The van der Waals surface area contributed by atoms with Crippen LogP contribution in [-0.4, -0.2) is 33.5 Å². The van der Waals surface area contributed by atoms with Gasteiger partial charge in [0.15, 0.2) is 0 Å². The topological polar surface area (TPSA) is 118 Å². The molecular weight excluding hydrogens is 190 g/mol. The van der Waals surface area contributed by atoms with Gasteiger partial charge in [-0.1, -0.05) is 0 Å². The summed E-state index contributed by atoms with van der Waals surface area (Å²) in [7, 11) is 0. The van der Waals surface area contributed by atoms with Crippen LogP contribution >= 0.6 is 0 Å². The van der Waals surface area contributed by atoms with E-state index in [1.807, 2.05) is 0 Å². The van der Waals surface area contributed by atoms with Gasteiger partial charge in [-0.05, 0) is 0 Å². The van der Waals surface area contributed by atoms with E-state index in [1.54, 1.807) is 0 Å². The Labute approximate surface area is 78.7 Å². The second-order valence-electron chi connectivity index (χ2n) is 3.90. The monoisotopic (exact) mass is 199 g/mol. The van der Waals surface area contributed by atoms with Crippen LogP contribution in [0.4, 0.5) is 0 Å². The molecule has 0 aromatic carbocycles. The molecule has 14 heavy (non-hydrogen) atoms. The zero-order chi connectivity index (χ0) is 10.7. The van der Waals surface area contributed by atoms with Gasteiger partial charge in [0.05, 0.1) is 5.92 Å². The van der Waals surface area contributed by atoms with Crippen LogP contribution in [0.25, 0.3) is 0 Å². The molecule has 0 radical (unpaired) electrons. The smallest absolute Gasteiger partial charge is 0.324 e. The predicted molar refractivity (Wildman–Crippen MR) is 42.3 cm³/mol. The third-order valence-corrected chi connectivity index (χ3v) is 3.14. The Bertz CT molecular complexity index is 348. The molecule has 4 atom stereocenters. The number of rotatable bonds is 2. The fourth-order valence-electron chi connectivity index (χ4n) is 2.40. The van der Waals surface area contributed by atoms with E-state index in [4.69, 9.17) is 15.9 Å². The molecule has 6 nitrogen and oxygen atoms in total. The lowest BCUT2D eigenvalue weighted by atomic mass is 9.91. The summed E-state index contributed by atoms with van der Waals surface area (Å²) in [6.07, 6.45) is -0.249. The predicted octanol–water partition coefficient (Wildman–Crippen LogP) is -1.31. The van der Waals surface area contributed by atoms with Gasteiger partial charge in [-0.2, -0.15) is 0 Å². The molecule has 0 aromatic heterocycles. The van der Waals surface area contributed by atoms with Gasteiger partial charge >= 0.3 is 11.9 Å². The summed E-state index contributed by atoms with van der Waals surface area (Å²) in [5, 5.41) is 17.5. The summed E-state index contributed by atoms with van der Waals surface area (Å²) in [6.45, 7) is 0. The third kappa shape index (κ3) is 0.859. The Kier molecular flexibility index (Phi) is 1.52. The number of nitrogens with two attached hydrogens (primary N) is 1. The second-order valence-corrected chi connectivity index (χ2v) is 3.90. The lowest BCUT2D eigenvalue weighted by Crippen LogP contribution is -2.50. The van der Waals surface area contributed by atoms with Crippen LogP contribution in [0.5, 0.6) is 0 Å². The fourth-order valence-corrected chi connectivity index (χ4v) is 2.40. The average Bonchev–Trinajstić information content (AvgIpc) is 2.72. The van der Waals surface area contributed by atoms with E-state index in [9.17, 15) is 14.4 Å². The first-order valence-electron chi connectivity index (χ1n) is 4.17. The highest BCUT2D eigenvalue weighted by Gasteiger charge is 2.74. The molecule has 0 heterocycles. The molecule has 2 rings (SSSR count). The van der Waals surface area contributed by atoms with Gasteiger partial charge in [-0.25, -0.2) is 0 Å². The zero-order valence-electron chi connectivity index (χ0n) is 7.14. The van der Waals surface area contributed by atoms with Crippen molar-refractivity contribution in [3.8, 4) is 0 Å². The van der Waals surface area contributed by atoms with E-state index in [2.05, 4.69) is 0 Å². The van der Waals surface area contributed by atoms with Crippen LogP contribution in [0.15, 0.2) is 0 Å². The number of hydrogen-bond acceptors (Lipinski definition) is 4. The van der Waals surface area contributed by atoms with Crippen LogP contribution in [-0.2, 0) is 14.4 Å². The maximum atomic E-state index is 11.2. The standard InChI is InChI=1S/C8H9NO5/c9-8(7(13)14)1-2(10)3-4(5(3)8)6(11)12/h3-5H,1,9H2,(H,11,12)(H,13,14)/t3-,4-,5-,8+/m0/s1. The molecular formula is C8H9NO5. The van der Waals surface area contributed by atoms with Gasteiger partial charge in [0.1, 0.15) is 11.3 Å². The van der Waals surface area contributed by atoms with Gasteiger partial charge in [0.2, 0.25) is 0 Å². The lowest BCUT2D eigenvalue weighted by molar-refractivity contribution is -0.146. The minimum Gasteiger partial charge on any atom is -0.481 e. The normalized spacial score (nSPS) is 44.6. The van der Waals surface area contributed by atoms with Crippen LogP contribution in [0.2, 0.25) is 0 Å². The molecule has 0 aliphatic heterocycles. The third-order valence-electron chi connectivity index (χ3n) is 3.14. The Balaban J connectivity index is 2.31. The van der Waals surface area contributed by atoms with Crippen molar-refractivity contribution in [3.05, 3.63) is 0 Å². The van der Waals surface area contributed by atoms with Crippen LogP contribution < -0.4 is 5.73 Å². The molecule has 0 bridgehead atoms. The highest BCUT2D eigenvalue weighted by Crippen LogP contribution is 2.59. The van der Waals surface area contributed by atoms with Crippen LogP contribution in [0.3, 0.4) is 0 Å². The Hall–Kier alpha value is -1.43. The quantitative estimate of drug-likeness (QED) is 0.508. The van der Waals surface area contributed by atoms with E-state index in [-0.39, 0.29) is 12.2 Å². The molecule has 0 saturated heterocycles. The maximum absolute atomic E-state index is 11.2. The van der Waals surface area contributed by atoms with Crippen LogP contribution in [0, 0.1) is 17.8 Å². The van der Waals surface area contributed by atoms with E-state index < -0.39 is 35.2 Å². The number of ketones is 1. The fraction of sp³-hybridized carbons (Fsp3) is 0.625. The minimum absolute atomic E-state index is 0.249. The van der Waals surface area contributed by atoms with Gasteiger partial charge < -0.3 is 15.9 Å². The molecule has 0 spiro atoms. The summed E-state index contributed by atoms with van der Waals surface area (Å²) < 4.78 is 0. The molecule has 0 aromatic rings. The first-order valence-corrected chi connectivity index (χ1v) is 4.17. The maximum Gasteiger partial charge on any atom is 0.324 e. The van der Waals surface area contributed by atoms with Crippen molar-refractivity contribution < 1.29 is 24.6 Å². The van der Waals surface area contributed by atoms with E-state index in [1.165, 1.54) is 0 Å². The van der Waals surface area contributed by atoms with Crippen LogP contribution in [0.1, 0.15) is 6.42 Å². The van der Waals surface area contributed by atoms with Gasteiger partial charge in [-0.3, -0.25) is 14.4 Å². The molecule has 76 valence electrons. The van der Waals surface area contributed by atoms with Crippen molar-refractivity contribution in [3.63, 3.8) is 0 Å². The highest BCUT2D eigenvalue weighted by atomic mass is 16.4. The summed E-state index contributed by atoms with van der Waals surface area (Å²) in [6, 6.07) is 0. The number of carboxylic acid groups (broad SMARTS) is 2. The minimum atomic E-state index is -1.66. The lowest BCUT2D eigenvalue weighted by Gasteiger charge is -2.19. The number of carbonyl (C=O) groups excluding carboxylic acids is 1. The first-order chi connectivity index (χ1) is 6.39. The van der Waals surface area contributed by atoms with Gasteiger partial charge in [-0.15, -0.1) is 0 Å². The Morgan fingerprint density at radius 1 is 1.43 bits per heavy atom. The summed E-state index contributed by atoms with van der Waals surface area (Å²) in [5.74, 6) is -5.05. The number of carboxylic acids is 2. The first kappa shape index (κ1) is 9.14. The average molecular weight is 199 g/mol. The van der Waals surface area contributed by atoms with Crippen molar-refractivity contribution in [1.29, 1.82) is 0 Å². The number of aliphatic carboxylic acids is 2. The molecule has 2 fully saturated rings. The molecule has 4 N–H and O–H groups in total. The Morgan fingerprint density at radius 2 is 2.00 bits per heavy atom. The van der Waals surface area contributed by atoms with Crippen molar-refractivity contribution in [2.75, 3.05) is 0 Å². The Morgan fingerprint density at radius 3 is 2.36 bits per heavy atom. The largest absolute Gasteiger partial charge is 0.481 e. The molecule has 0 unspecified atom stereocenters.